The van der Waals surface area contributed by atoms with E-state index in [9.17, 15) is 0 Å². The van der Waals surface area contributed by atoms with E-state index >= 15 is 0 Å². The van der Waals surface area contributed by atoms with Gasteiger partial charge in [0.15, 0.2) is 0 Å². The van der Waals surface area contributed by atoms with E-state index < -0.39 is 0 Å². The van der Waals surface area contributed by atoms with Gasteiger partial charge in [-0.3, -0.25) is 0 Å². The predicted molar refractivity (Wildman–Crippen MR) is 60.2 cm³/mol. The summed E-state index contributed by atoms with van der Waals surface area (Å²) < 4.78 is 5.07. The number of rotatable bonds is 6. The normalized spacial score (nSPS) is 24.9. The maximum atomic E-state index is 5.07. The molecular formula is C12H23NO. The van der Waals surface area contributed by atoms with Crippen LogP contribution in [0.1, 0.15) is 39.5 Å². The summed E-state index contributed by atoms with van der Waals surface area (Å²) in [4.78, 5) is 0. The van der Waals surface area contributed by atoms with Crippen LogP contribution in [-0.4, -0.2) is 19.2 Å². The monoisotopic (exact) mass is 197 g/mol. The van der Waals surface area contributed by atoms with Crippen LogP contribution >= 0.6 is 0 Å². The molecule has 0 spiro atoms. The quantitative estimate of drug-likeness (QED) is 0.522. The minimum Gasteiger partial charge on any atom is -0.502 e. The van der Waals surface area contributed by atoms with Crippen LogP contribution in [0.25, 0.3) is 0 Å². The van der Waals surface area contributed by atoms with Crippen LogP contribution in [0.15, 0.2) is 12.8 Å². The lowest BCUT2D eigenvalue weighted by atomic mass is 9.87. The Bertz CT molecular complexity index is 177. The highest BCUT2D eigenvalue weighted by atomic mass is 16.5. The van der Waals surface area contributed by atoms with Crippen LogP contribution in [-0.2, 0) is 4.74 Å². The summed E-state index contributed by atoms with van der Waals surface area (Å²) in [5.41, 5.74) is 0.485. The Balaban J connectivity index is 2.09. The third kappa shape index (κ3) is 3.33. The van der Waals surface area contributed by atoms with Crippen molar-refractivity contribution in [2.24, 2.45) is 5.41 Å². The Hall–Kier alpha value is -0.500. The lowest BCUT2D eigenvalue weighted by Gasteiger charge is -2.27. The lowest BCUT2D eigenvalue weighted by molar-refractivity contribution is 0.232. The van der Waals surface area contributed by atoms with Gasteiger partial charge in [0.2, 0.25) is 0 Å². The maximum absolute atomic E-state index is 5.07. The van der Waals surface area contributed by atoms with Crippen LogP contribution in [0.4, 0.5) is 0 Å². The highest BCUT2D eigenvalue weighted by Gasteiger charge is 2.33. The zero-order chi connectivity index (χ0) is 10.4. The number of ether oxygens (including phenoxy) is 1. The summed E-state index contributed by atoms with van der Waals surface area (Å²) in [6.07, 6.45) is 6.63. The molecule has 0 bridgehead atoms. The third-order valence-electron chi connectivity index (χ3n) is 3.20. The second-order valence-corrected chi connectivity index (χ2v) is 4.78. The van der Waals surface area contributed by atoms with Crippen LogP contribution in [0.2, 0.25) is 0 Å². The van der Waals surface area contributed by atoms with Gasteiger partial charge in [0.05, 0.1) is 12.9 Å². The van der Waals surface area contributed by atoms with Crippen molar-refractivity contribution in [3.63, 3.8) is 0 Å². The molecule has 82 valence electrons. The van der Waals surface area contributed by atoms with E-state index in [2.05, 4.69) is 25.7 Å². The van der Waals surface area contributed by atoms with Crippen molar-refractivity contribution in [1.29, 1.82) is 0 Å². The van der Waals surface area contributed by atoms with E-state index in [1.165, 1.54) is 25.5 Å². The van der Waals surface area contributed by atoms with E-state index in [1.807, 2.05) is 0 Å². The smallest absolute Gasteiger partial charge is 0.0885 e. The summed E-state index contributed by atoms with van der Waals surface area (Å²) in [5.74, 6) is 0. The van der Waals surface area contributed by atoms with Gasteiger partial charge in [-0.1, -0.05) is 26.8 Å². The van der Waals surface area contributed by atoms with Crippen molar-refractivity contribution in [3.8, 4) is 0 Å². The van der Waals surface area contributed by atoms with Crippen molar-refractivity contribution in [1.82, 2.24) is 5.32 Å². The molecule has 1 aliphatic rings. The Morgan fingerprint density at radius 1 is 1.57 bits per heavy atom. The Morgan fingerprint density at radius 2 is 2.36 bits per heavy atom. The van der Waals surface area contributed by atoms with Gasteiger partial charge < -0.3 is 10.1 Å². The summed E-state index contributed by atoms with van der Waals surface area (Å²) in [6, 6.07) is 0.700. The van der Waals surface area contributed by atoms with Gasteiger partial charge in [-0.15, -0.1) is 0 Å². The van der Waals surface area contributed by atoms with Crippen molar-refractivity contribution >= 4 is 0 Å². The van der Waals surface area contributed by atoms with Gasteiger partial charge in [0, 0.05) is 6.04 Å². The molecular weight excluding hydrogens is 174 g/mol. The first-order valence-electron chi connectivity index (χ1n) is 5.63. The third-order valence-corrected chi connectivity index (χ3v) is 3.20. The Labute approximate surface area is 87.7 Å². The molecule has 1 rings (SSSR count). The van der Waals surface area contributed by atoms with Crippen LogP contribution in [0.3, 0.4) is 0 Å². The molecule has 0 amide bonds. The van der Waals surface area contributed by atoms with Crippen molar-refractivity contribution in [2.45, 2.75) is 45.6 Å². The molecule has 1 aliphatic carbocycles. The molecule has 1 atom stereocenters. The van der Waals surface area contributed by atoms with E-state index in [1.54, 1.807) is 0 Å². The minimum absolute atomic E-state index is 0.485. The molecule has 1 unspecified atom stereocenters. The zero-order valence-electron chi connectivity index (χ0n) is 9.51. The molecule has 2 nitrogen and oxygen atoms in total. The highest BCUT2D eigenvalue weighted by Crippen LogP contribution is 2.36. The van der Waals surface area contributed by atoms with E-state index in [0.29, 0.717) is 11.5 Å². The van der Waals surface area contributed by atoms with Crippen molar-refractivity contribution < 1.29 is 4.74 Å². The van der Waals surface area contributed by atoms with E-state index in [0.717, 1.165) is 19.6 Å². The van der Waals surface area contributed by atoms with Crippen LogP contribution in [0, 0.1) is 5.41 Å². The second kappa shape index (κ2) is 5.40. The molecule has 0 heterocycles. The maximum Gasteiger partial charge on any atom is 0.0885 e. The van der Waals surface area contributed by atoms with Gasteiger partial charge >= 0.3 is 0 Å². The summed E-state index contributed by atoms with van der Waals surface area (Å²) in [7, 11) is 0. The molecule has 0 aromatic heterocycles. The van der Waals surface area contributed by atoms with Crippen molar-refractivity contribution in [3.05, 3.63) is 12.8 Å². The lowest BCUT2D eigenvalue weighted by Crippen LogP contribution is -2.38. The summed E-state index contributed by atoms with van der Waals surface area (Å²) >= 11 is 0. The highest BCUT2D eigenvalue weighted by molar-refractivity contribution is 4.89. The predicted octanol–water partition coefficient (Wildman–Crippen LogP) is 2.70. The van der Waals surface area contributed by atoms with Gasteiger partial charge in [-0.25, -0.2) is 0 Å². The summed E-state index contributed by atoms with van der Waals surface area (Å²) in [6.45, 7) is 10.1. The molecule has 2 heteroatoms. The fourth-order valence-corrected chi connectivity index (χ4v) is 2.22. The molecule has 1 N–H and O–H groups in total. The fraction of sp³-hybridized carbons (Fsp3) is 0.833. The fourth-order valence-electron chi connectivity index (χ4n) is 2.22. The van der Waals surface area contributed by atoms with Gasteiger partial charge in [0.25, 0.3) is 0 Å². The SMILES string of the molecule is C=COCCCNC1CCCC1(C)C. The first-order valence-corrected chi connectivity index (χ1v) is 5.63. The van der Waals surface area contributed by atoms with Gasteiger partial charge in [-0.05, 0) is 31.2 Å². The standard InChI is InChI=1S/C12H23NO/c1-4-14-10-6-9-13-11-7-5-8-12(11,2)3/h4,11,13H,1,5-10H2,2-3H3. The average molecular weight is 197 g/mol. The second-order valence-electron chi connectivity index (χ2n) is 4.78. The molecule has 0 aromatic rings. The van der Waals surface area contributed by atoms with Crippen LogP contribution in [0.5, 0.6) is 0 Å². The first-order chi connectivity index (χ1) is 6.67. The first kappa shape index (κ1) is 11.6. The average Bonchev–Trinajstić information content (AvgIpc) is 2.45. The largest absolute Gasteiger partial charge is 0.502 e. The van der Waals surface area contributed by atoms with E-state index in [-0.39, 0.29) is 0 Å². The van der Waals surface area contributed by atoms with E-state index in [4.69, 9.17) is 4.74 Å². The zero-order valence-corrected chi connectivity index (χ0v) is 9.51. The van der Waals surface area contributed by atoms with Gasteiger partial charge in [0.1, 0.15) is 0 Å². The van der Waals surface area contributed by atoms with Gasteiger partial charge in [-0.2, -0.15) is 0 Å². The Morgan fingerprint density at radius 3 is 2.93 bits per heavy atom. The number of hydrogen-bond donors (Lipinski definition) is 1. The molecule has 1 fully saturated rings. The molecule has 0 saturated heterocycles. The Kier molecular flexibility index (Phi) is 4.46. The molecule has 0 radical (unpaired) electrons. The topological polar surface area (TPSA) is 21.3 Å². The van der Waals surface area contributed by atoms with Crippen molar-refractivity contribution in [2.75, 3.05) is 13.2 Å². The molecule has 14 heavy (non-hydrogen) atoms. The molecule has 1 saturated carbocycles. The summed E-state index contributed by atoms with van der Waals surface area (Å²) in [5, 5.41) is 3.62. The minimum atomic E-state index is 0.485. The number of hydrogen-bond acceptors (Lipinski definition) is 2. The number of nitrogens with one attached hydrogen (secondary N) is 1. The molecule has 0 aliphatic heterocycles. The van der Waals surface area contributed by atoms with Crippen LogP contribution < -0.4 is 5.32 Å². The molecule has 0 aromatic carbocycles.